The molecule has 0 aliphatic heterocycles. The molecule has 2 heterocycles. The van der Waals surface area contributed by atoms with Crippen molar-refractivity contribution in [1.29, 1.82) is 0 Å². The van der Waals surface area contributed by atoms with Crippen molar-refractivity contribution in [2.45, 2.75) is 0 Å². The summed E-state index contributed by atoms with van der Waals surface area (Å²) in [6.07, 6.45) is 0. The topological polar surface area (TPSA) is 41.8 Å². The molecule has 0 amide bonds. The zero-order chi connectivity index (χ0) is 15.4. The minimum absolute atomic E-state index is 0.646. The van der Waals surface area contributed by atoms with Crippen LogP contribution in [0.5, 0.6) is 0 Å². The zero-order valence-electron chi connectivity index (χ0n) is 12.0. The summed E-state index contributed by atoms with van der Waals surface area (Å²) in [6.45, 7) is 0. The second kappa shape index (κ2) is 4.70. The van der Waals surface area contributed by atoms with E-state index in [-0.39, 0.29) is 0 Å². The highest BCUT2D eigenvalue weighted by atomic mass is 79.9. The molecule has 0 fully saturated rings. The molecular formula is C19H11BrN2O. The van der Waals surface area contributed by atoms with Crippen LogP contribution in [0.15, 0.2) is 69.6 Å². The van der Waals surface area contributed by atoms with Crippen molar-refractivity contribution in [1.82, 2.24) is 9.97 Å². The molecule has 0 bridgehead atoms. The van der Waals surface area contributed by atoms with Crippen molar-refractivity contribution < 1.29 is 4.42 Å². The molecule has 2 aromatic heterocycles. The molecule has 0 radical (unpaired) electrons. The summed E-state index contributed by atoms with van der Waals surface area (Å²) in [7, 11) is 0. The third-order valence-electron chi connectivity index (χ3n) is 4.11. The first-order valence-corrected chi connectivity index (χ1v) is 8.15. The third-order valence-corrected chi connectivity index (χ3v) is 4.60. The van der Waals surface area contributed by atoms with Crippen molar-refractivity contribution in [2.24, 2.45) is 0 Å². The summed E-state index contributed by atoms with van der Waals surface area (Å²) in [5.74, 6) is 0.646. The molecule has 5 rings (SSSR count). The Balaban J connectivity index is 1.85. The van der Waals surface area contributed by atoms with Gasteiger partial charge in [0.25, 0.3) is 0 Å². The van der Waals surface area contributed by atoms with Crippen LogP contribution in [0, 0.1) is 0 Å². The van der Waals surface area contributed by atoms with E-state index in [9.17, 15) is 0 Å². The highest BCUT2D eigenvalue weighted by Crippen LogP contribution is 2.34. The fourth-order valence-electron chi connectivity index (χ4n) is 3.03. The molecule has 0 saturated heterocycles. The maximum Gasteiger partial charge on any atom is 0.227 e. The van der Waals surface area contributed by atoms with Gasteiger partial charge in [-0.25, -0.2) is 4.98 Å². The molecule has 0 aliphatic rings. The largest absolute Gasteiger partial charge is 0.434 e. The third kappa shape index (κ3) is 1.92. The monoisotopic (exact) mass is 362 g/mol. The number of halogens is 1. The van der Waals surface area contributed by atoms with Crippen LogP contribution >= 0.6 is 15.9 Å². The van der Waals surface area contributed by atoms with Crippen molar-refractivity contribution in [3.8, 4) is 11.5 Å². The molecule has 0 atom stereocenters. The van der Waals surface area contributed by atoms with E-state index < -0.39 is 0 Å². The lowest BCUT2D eigenvalue weighted by molar-refractivity contribution is 0.622. The Hall–Kier alpha value is -2.59. The summed E-state index contributed by atoms with van der Waals surface area (Å²) in [5, 5.41) is 2.33. The molecular weight excluding hydrogens is 352 g/mol. The normalized spacial score (nSPS) is 11.7. The fraction of sp³-hybridized carbons (Fsp3) is 0. The van der Waals surface area contributed by atoms with Crippen molar-refractivity contribution >= 4 is 48.8 Å². The molecule has 110 valence electrons. The van der Waals surface area contributed by atoms with E-state index in [0.717, 1.165) is 37.6 Å². The Morgan fingerprint density at radius 3 is 2.61 bits per heavy atom. The van der Waals surface area contributed by atoms with E-state index in [1.807, 2.05) is 36.4 Å². The number of H-pyrrole nitrogens is 1. The number of nitrogens with zero attached hydrogens (tertiary/aromatic N) is 1. The van der Waals surface area contributed by atoms with E-state index in [1.54, 1.807) is 0 Å². The van der Waals surface area contributed by atoms with Gasteiger partial charge in [0.05, 0.1) is 5.52 Å². The summed E-state index contributed by atoms with van der Waals surface area (Å²) >= 11 is 3.52. The second-order valence-electron chi connectivity index (χ2n) is 5.54. The van der Waals surface area contributed by atoms with Crippen LogP contribution in [-0.4, -0.2) is 9.97 Å². The average molecular weight is 363 g/mol. The lowest BCUT2D eigenvalue weighted by Crippen LogP contribution is -1.74. The van der Waals surface area contributed by atoms with Gasteiger partial charge in [0, 0.05) is 26.3 Å². The molecule has 0 aliphatic carbocycles. The number of aromatic nitrogens is 2. The van der Waals surface area contributed by atoms with Gasteiger partial charge in [-0.3, -0.25) is 0 Å². The molecule has 5 aromatic rings. The van der Waals surface area contributed by atoms with Gasteiger partial charge in [-0.05, 0) is 36.4 Å². The van der Waals surface area contributed by atoms with Gasteiger partial charge in [0.1, 0.15) is 5.52 Å². The number of fused-ring (bicyclic) bond motifs is 5. The van der Waals surface area contributed by atoms with Gasteiger partial charge in [-0.15, -0.1) is 0 Å². The molecule has 0 spiro atoms. The van der Waals surface area contributed by atoms with Crippen LogP contribution in [0.25, 0.3) is 44.4 Å². The van der Waals surface area contributed by atoms with Gasteiger partial charge in [-0.1, -0.05) is 40.2 Å². The van der Waals surface area contributed by atoms with Gasteiger partial charge in [0.2, 0.25) is 5.89 Å². The number of rotatable bonds is 1. The van der Waals surface area contributed by atoms with E-state index >= 15 is 0 Å². The molecule has 1 N–H and O–H groups in total. The summed E-state index contributed by atoms with van der Waals surface area (Å²) in [4.78, 5) is 8.09. The van der Waals surface area contributed by atoms with Crippen LogP contribution < -0.4 is 0 Å². The first kappa shape index (κ1) is 12.9. The predicted molar refractivity (Wildman–Crippen MR) is 96.5 cm³/mol. The van der Waals surface area contributed by atoms with E-state index in [0.29, 0.717) is 5.89 Å². The molecule has 23 heavy (non-hydrogen) atoms. The Morgan fingerprint density at radius 2 is 1.74 bits per heavy atom. The Morgan fingerprint density at radius 1 is 0.913 bits per heavy atom. The Labute approximate surface area is 140 Å². The minimum Gasteiger partial charge on any atom is -0.434 e. The number of oxazole rings is 1. The highest BCUT2D eigenvalue weighted by molar-refractivity contribution is 9.10. The Kier molecular flexibility index (Phi) is 2.64. The van der Waals surface area contributed by atoms with Gasteiger partial charge in [0.15, 0.2) is 5.58 Å². The average Bonchev–Trinajstić information content (AvgIpc) is 3.15. The predicted octanol–water partition coefficient (Wildman–Crippen LogP) is 5.89. The van der Waals surface area contributed by atoms with Crippen molar-refractivity contribution in [3.05, 3.63) is 65.1 Å². The van der Waals surface area contributed by atoms with Crippen LogP contribution in [0.3, 0.4) is 0 Å². The number of aromatic amines is 1. The van der Waals surface area contributed by atoms with Crippen LogP contribution in [-0.2, 0) is 0 Å². The lowest BCUT2D eigenvalue weighted by atomic mass is 10.1. The smallest absolute Gasteiger partial charge is 0.227 e. The summed E-state index contributed by atoms with van der Waals surface area (Å²) in [6, 6.07) is 20.3. The number of nitrogens with one attached hydrogen (secondary N) is 1. The quantitative estimate of drug-likeness (QED) is 0.403. The van der Waals surface area contributed by atoms with Gasteiger partial charge in [-0.2, -0.15) is 0 Å². The maximum absolute atomic E-state index is 6.07. The first-order chi connectivity index (χ1) is 11.3. The molecule has 0 saturated carbocycles. The van der Waals surface area contributed by atoms with Crippen LogP contribution in [0.4, 0.5) is 0 Å². The summed E-state index contributed by atoms with van der Waals surface area (Å²) in [5.41, 5.74) is 4.72. The SMILES string of the molecule is Brc1ccc2c(c1)[nH]c1c2ccc2nc(-c3ccccc3)oc21. The van der Waals surface area contributed by atoms with Crippen LogP contribution in [0.2, 0.25) is 0 Å². The summed E-state index contributed by atoms with van der Waals surface area (Å²) < 4.78 is 7.12. The number of benzene rings is 3. The number of hydrogen-bond acceptors (Lipinski definition) is 2. The highest BCUT2D eigenvalue weighted by Gasteiger charge is 2.14. The van der Waals surface area contributed by atoms with Gasteiger partial charge >= 0.3 is 0 Å². The number of hydrogen-bond donors (Lipinski definition) is 1. The van der Waals surface area contributed by atoms with E-state index in [1.165, 1.54) is 5.39 Å². The fourth-order valence-corrected chi connectivity index (χ4v) is 3.40. The maximum atomic E-state index is 6.07. The zero-order valence-corrected chi connectivity index (χ0v) is 13.6. The van der Waals surface area contributed by atoms with E-state index in [4.69, 9.17) is 4.42 Å². The first-order valence-electron chi connectivity index (χ1n) is 7.35. The Bertz CT molecular complexity index is 1170. The standard InChI is InChI=1S/C19H11BrN2O/c20-12-6-7-13-14-8-9-15-18(17(14)21-16(13)10-12)23-19(22-15)11-4-2-1-3-5-11/h1-10,21H. The van der Waals surface area contributed by atoms with Crippen molar-refractivity contribution in [3.63, 3.8) is 0 Å². The van der Waals surface area contributed by atoms with Gasteiger partial charge < -0.3 is 9.40 Å². The molecule has 3 nitrogen and oxygen atoms in total. The van der Waals surface area contributed by atoms with Crippen LogP contribution in [0.1, 0.15) is 0 Å². The lowest BCUT2D eigenvalue weighted by Gasteiger charge is -1.92. The van der Waals surface area contributed by atoms with E-state index in [2.05, 4.69) is 50.2 Å². The van der Waals surface area contributed by atoms with Crippen molar-refractivity contribution in [2.75, 3.05) is 0 Å². The minimum atomic E-state index is 0.646. The molecule has 0 unspecified atom stereocenters. The molecule has 3 aromatic carbocycles. The second-order valence-corrected chi connectivity index (χ2v) is 6.45. The molecule has 4 heteroatoms.